The highest BCUT2D eigenvalue weighted by Crippen LogP contribution is 2.12. The van der Waals surface area contributed by atoms with E-state index in [-0.39, 0.29) is 6.61 Å². The van der Waals surface area contributed by atoms with E-state index in [9.17, 15) is 0 Å². The van der Waals surface area contributed by atoms with Crippen LogP contribution in [0.25, 0.3) is 0 Å². The van der Waals surface area contributed by atoms with Crippen molar-refractivity contribution < 1.29 is 5.11 Å². The molecule has 3 nitrogen and oxygen atoms in total. The lowest BCUT2D eigenvalue weighted by molar-refractivity contribution is 0.255. The number of β-amino-alcohol motifs (C(OH)–C–C–N with tert-alkyl or cyclic N) is 1. The Morgan fingerprint density at radius 1 is 0.880 bits per heavy atom. The Morgan fingerprint density at radius 3 is 2.12 bits per heavy atom. The van der Waals surface area contributed by atoms with Gasteiger partial charge < -0.3 is 10.0 Å². The zero-order chi connectivity index (χ0) is 18.0. The number of nitrogens with zero attached hydrogens (tertiary/aromatic N) is 2. The maximum Gasteiger partial charge on any atom is 0.0991 e. The minimum atomic E-state index is 0.239. The Bertz CT molecular complexity index is 352. The Hall–Kier alpha value is -0.830. The summed E-state index contributed by atoms with van der Waals surface area (Å²) in [6.07, 6.45) is 23.4. The summed E-state index contributed by atoms with van der Waals surface area (Å²) in [6.45, 7) is 5.18. The number of rotatable bonds is 17. The first-order chi connectivity index (χ1) is 12.4. The van der Waals surface area contributed by atoms with Crippen molar-refractivity contribution in [2.75, 3.05) is 26.2 Å². The third-order valence-electron chi connectivity index (χ3n) is 5.06. The van der Waals surface area contributed by atoms with Crippen LogP contribution in [0.1, 0.15) is 96.8 Å². The second kappa shape index (κ2) is 16.6. The summed E-state index contributed by atoms with van der Waals surface area (Å²) < 4.78 is 0. The highest BCUT2D eigenvalue weighted by Gasteiger charge is 2.14. The van der Waals surface area contributed by atoms with Crippen molar-refractivity contribution >= 4 is 5.84 Å². The second-order valence-corrected chi connectivity index (χ2v) is 7.34. The van der Waals surface area contributed by atoms with Crippen LogP contribution in [0.3, 0.4) is 0 Å². The molecule has 1 heterocycles. The minimum absolute atomic E-state index is 0.239. The average molecular weight is 351 g/mol. The molecule has 0 radical (unpaired) electrons. The first kappa shape index (κ1) is 22.2. The Morgan fingerprint density at radius 2 is 1.48 bits per heavy atom. The fraction of sp³-hybridized carbons (Fsp3) is 0.864. The Balaban J connectivity index is 1.83. The van der Waals surface area contributed by atoms with E-state index in [1.807, 2.05) is 0 Å². The van der Waals surface area contributed by atoms with Gasteiger partial charge in [-0.05, 0) is 32.1 Å². The van der Waals surface area contributed by atoms with Crippen LogP contribution in [-0.4, -0.2) is 42.1 Å². The van der Waals surface area contributed by atoms with Gasteiger partial charge in [-0.3, -0.25) is 4.99 Å². The van der Waals surface area contributed by atoms with Crippen LogP contribution in [0, 0.1) is 0 Å². The van der Waals surface area contributed by atoms with Crippen LogP contribution in [0.2, 0.25) is 0 Å². The molecule has 0 bridgehead atoms. The maximum absolute atomic E-state index is 9.04. The topological polar surface area (TPSA) is 35.8 Å². The predicted molar refractivity (Wildman–Crippen MR) is 110 cm³/mol. The zero-order valence-electron chi connectivity index (χ0n) is 16.7. The van der Waals surface area contributed by atoms with Crippen molar-refractivity contribution in [2.24, 2.45) is 4.99 Å². The number of hydrogen-bond donors (Lipinski definition) is 1. The number of amidine groups is 1. The summed E-state index contributed by atoms with van der Waals surface area (Å²) in [5.41, 5.74) is 0. The van der Waals surface area contributed by atoms with Gasteiger partial charge in [0.2, 0.25) is 0 Å². The van der Waals surface area contributed by atoms with Crippen LogP contribution < -0.4 is 0 Å². The average Bonchev–Trinajstić information content (AvgIpc) is 3.06. The molecule has 0 atom stereocenters. The molecule has 0 aromatic rings. The molecule has 25 heavy (non-hydrogen) atoms. The molecule has 0 fully saturated rings. The fourth-order valence-electron chi connectivity index (χ4n) is 3.48. The third kappa shape index (κ3) is 12.2. The standard InChI is InChI=1S/C22H42N2O/c1-2-3-4-5-6-7-8-9-10-11-12-13-14-15-16-17-22-23-18-19-24(22)20-21-25/h11-12,25H,2-10,13-21H2,1H3/b12-11+. The SMILES string of the molecule is CCCCCCCCCC/C=C/CCCCCC1=NCCN1CCO. The van der Waals surface area contributed by atoms with Crippen molar-refractivity contribution in [1.82, 2.24) is 4.90 Å². The quantitative estimate of drug-likeness (QED) is 0.268. The summed E-state index contributed by atoms with van der Waals surface area (Å²) >= 11 is 0. The van der Waals surface area contributed by atoms with Gasteiger partial charge in [0.1, 0.15) is 0 Å². The predicted octanol–water partition coefficient (Wildman–Crippen LogP) is 5.73. The summed E-state index contributed by atoms with van der Waals surface area (Å²) in [5.74, 6) is 1.22. The Labute approximate surface area is 156 Å². The number of aliphatic hydroxyl groups excluding tert-OH is 1. The van der Waals surface area contributed by atoms with Gasteiger partial charge in [0, 0.05) is 19.5 Å². The number of unbranched alkanes of at least 4 members (excludes halogenated alkanes) is 11. The molecule has 3 heteroatoms. The van der Waals surface area contributed by atoms with Crippen LogP contribution in [0.15, 0.2) is 17.1 Å². The molecular weight excluding hydrogens is 308 g/mol. The van der Waals surface area contributed by atoms with Crippen LogP contribution in [0.4, 0.5) is 0 Å². The zero-order valence-corrected chi connectivity index (χ0v) is 16.7. The normalized spacial score (nSPS) is 14.6. The maximum atomic E-state index is 9.04. The molecule has 1 N–H and O–H groups in total. The molecule has 0 aromatic heterocycles. The molecule has 146 valence electrons. The largest absolute Gasteiger partial charge is 0.395 e. The lowest BCUT2D eigenvalue weighted by Gasteiger charge is -2.18. The van der Waals surface area contributed by atoms with Gasteiger partial charge in [0.15, 0.2) is 0 Å². The van der Waals surface area contributed by atoms with Crippen LogP contribution >= 0.6 is 0 Å². The smallest absolute Gasteiger partial charge is 0.0991 e. The highest BCUT2D eigenvalue weighted by atomic mass is 16.3. The van der Waals surface area contributed by atoms with Crippen molar-refractivity contribution in [2.45, 2.75) is 96.8 Å². The molecule has 0 saturated carbocycles. The summed E-state index contributed by atoms with van der Waals surface area (Å²) in [4.78, 5) is 6.80. The second-order valence-electron chi connectivity index (χ2n) is 7.34. The van der Waals surface area contributed by atoms with Gasteiger partial charge in [-0.2, -0.15) is 0 Å². The van der Waals surface area contributed by atoms with Crippen LogP contribution in [-0.2, 0) is 0 Å². The first-order valence-electron chi connectivity index (χ1n) is 10.9. The van der Waals surface area contributed by atoms with Crippen molar-refractivity contribution in [1.29, 1.82) is 0 Å². The molecule has 0 aromatic carbocycles. The number of aliphatic imine (C=N–C) groups is 1. The number of aliphatic hydroxyl groups is 1. The van der Waals surface area contributed by atoms with E-state index in [2.05, 4.69) is 29.0 Å². The van der Waals surface area contributed by atoms with Crippen LogP contribution in [0.5, 0.6) is 0 Å². The van der Waals surface area contributed by atoms with E-state index in [0.717, 1.165) is 26.1 Å². The molecule has 1 rings (SSSR count). The van der Waals surface area contributed by atoms with Gasteiger partial charge >= 0.3 is 0 Å². The van der Waals surface area contributed by atoms with Crippen molar-refractivity contribution in [3.63, 3.8) is 0 Å². The molecule has 1 aliphatic heterocycles. The van der Waals surface area contributed by atoms with E-state index in [1.54, 1.807) is 0 Å². The number of allylic oxidation sites excluding steroid dienone is 2. The lowest BCUT2D eigenvalue weighted by atomic mass is 10.1. The van der Waals surface area contributed by atoms with Gasteiger partial charge in [0.05, 0.1) is 19.0 Å². The third-order valence-corrected chi connectivity index (χ3v) is 5.06. The minimum Gasteiger partial charge on any atom is -0.395 e. The van der Waals surface area contributed by atoms with E-state index >= 15 is 0 Å². The summed E-state index contributed by atoms with van der Waals surface area (Å²) in [7, 11) is 0. The van der Waals surface area contributed by atoms with Gasteiger partial charge in [-0.1, -0.05) is 70.4 Å². The van der Waals surface area contributed by atoms with Gasteiger partial charge in [-0.15, -0.1) is 0 Å². The molecule has 0 saturated heterocycles. The Kier molecular flexibility index (Phi) is 14.8. The summed E-state index contributed by atoms with van der Waals surface area (Å²) in [5, 5.41) is 9.04. The lowest BCUT2D eigenvalue weighted by Crippen LogP contribution is -2.30. The van der Waals surface area contributed by atoms with E-state index in [0.29, 0.717) is 0 Å². The molecule has 0 aliphatic carbocycles. The van der Waals surface area contributed by atoms with E-state index < -0.39 is 0 Å². The summed E-state index contributed by atoms with van der Waals surface area (Å²) in [6, 6.07) is 0. The fourth-order valence-corrected chi connectivity index (χ4v) is 3.48. The van der Waals surface area contributed by atoms with Gasteiger partial charge in [0.25, 0.3) is 0 Å². The first-order valence-corrected chi connectivity index (χ1v) is 10.9. The molecule has 0 unspecified atom stereocenters. The molecule has 0 spiro atoms. The van der Waals surface area contributed by atoms with E-state index in [1.165, 1.54) is 89.3 Å². The van der Waals surface area contributed by atoms with Crippen molar-refractivity contribution in [3.05, 3.63) is 12.2 Å². The monoisotopic (exact) mass is 350 g/mol. The molecular formula is C22H42N2O. The highest BCUT2D eigenvalue weighted by molar-refractivity contribution is 5.83. The number of hydrogen-bond acceptors (Lipinski definition) is 3. The van der Waals surface area contributed by atoms with E-state index in [4.69, 9.17) is 5.11 Å². The van der Waals surface area contributed by atoms with Crippen molar-refractivity contribution in [3.8, 4) is 0 Å². The molecule has 1 aliphatic rings. The molecule has 0 amide bonds. The van der Waals surface area contributed by atoms with Gasteiger partial charge in [-0.25, -0.2) is 0 Å².